The fraction of sp³-hybridized carbons (Fsp3) is 0.661. The SMILES string of the molecule is C=C(C(CC(CC)CCc1ccccc1)C[C@H](O)C(C1CCCCC1)C1OC(CC)C2=C(CCC=C2)C1=C)C(C)C(CCCC)C(=C)C(=O)C(C)CC1=CC[C@H](O)C(C2=CCCCC2)C1C. The number of hydrogen-bond acceptors (Lipinski definition) is 4. The average Bonchev–Trinajstić information content (AvgIpc) is 3.34. The Morgan fingerprint density at radius 3 is 2.36 bits per heavy atom. The van der Waals surface area contributed by atoms with Gasteiger partial charge in [0.1, 0.15) is 0 Å². The third kappa shape index (κ3) is 13.0. The molecule has 12 atom stereocenters. The predicted molar refractivity (Wildman–Crippen MR) is 278 cm³/mol. The second-order valence-corrected chi connectivity index (χ2v) is 21.9. The Labute approximate surface area is 403 Å². The summed E-state index contributed by atoms with van der Waals surface area (Å²) in [6, 6.07) is 10.9. The molecule has 0 radical (unpaired) electrons. The van der Waals surface area contributed by atoms with Crippen molar-refractivity contribution in [2.75, 3.05) is 0 Å². The van der Waals surface area contributed by atoms with Gasteiger partial charge < -0.3 is 14.9 Å². The summed E-state index contributed by atoms with van der Waals surface area (Å²) >= 11 is 0. The van der Waals surface area contributed by atoms with Crippen molar-refractivity contribution in [1.29, 1.82) is 0 Å². The third-order valence-corrected chi connectivity index (χ3v) is 17.6. The monoisotopic (exact) mass is 901 g/mol. The minimum atomic E-state index is -0.564. The summed E-state index contributed by atoms with van der Waals surface area (Å²) < 4.78 is 7.14. The van der Waals surface area contributed by atoms with Gasteiger partial charge in [-0.1, -0.05) is 171 Å². The van der Waals surface area contributed by atoms with Crippen LogP contribution in [-0.2, 0) is 16.0 Å². The van der Waals surface area contributed by atoms with E-state index in [1.165, 1.54) is 65.5 Å². The van der Waals surface area contributed by atoms with Crippen molar-refractivity contribution in [1.82, 2.24) is 0 Å². The van der Waals surface area contributed by atoms with E-state index in [2.05, 4.69) is 103 Å². The maximum absolute atomic E-state index is 14.7. The van der Waals surface area contributed by atoms with E-state index in [-0.39, 0.29) is 65.5 Å². The van der Waals surface area contributed by atoms with Gasteiger partial charge in [0.15, 0.2) is 5.78 Å². The smallest absolute Gasteiger partial charge is 0.161 e. The van der Waals surface area contributed by atoms with E-state index < -0.39 is 6.10 Å². The van der Waals surface area contributed by atoms with Crippen LogP contribution in [-0.4, -0.2) is 40.4 Å². The maximum Gasteiger partial charge on any atom is 0.161 e. The molecule has 364 valence electrons. The normalized spacial score (nSPS) is 27.2. The molecule has 1 aromatic carbocycles. The second-order valence-electron chi connectivity index (χ2n) is 21.9. The molecule has 4 nitrogen and oxygen atoms in total. The van der Waals surface area contributed by atoms with Gasteiger partial charge in [0.25, 0.3) is 0 Å². The highest BCUT2D eigenvalue weighted by Crippen LogP contribution is 2.48. The fourth-order valence-electron chi connectivity index (χ4n) is 13.4. The first kappa shape index (κ1) is 52.3. The molecule has 0 bridgehead atoms. The number of unbranched alkanes of at least 4 members (excludes halogenated alkanes) is 1. The van der Waals surface area contributed by atoms with E-state index in [0.717, 1.165) is 101 Å². The van der Waals surface area contributed by atoms with Crippen molar-refractivity contribution in [3.05, 3.63) is 119 Å². The quantitative estimate of drug-likeness (QED) is 0.0801. The number of aliphatic hydroxyl groups is 2. The molecule has 0 aromatic heterocycles. The zero-order chi connectivity index (χ0) is 47.3. The van der Waals surface area contributed by atoms with Gasteiger partial charge in [-0.25, -0.2) is 0 Å². The molecule has 1 fully saturated rings. The zero-order valence-corrected chi connectivity index (χ0v) is 42.6. The van der Waals surface area contributed by atoms with Crippen molar-refractivity contribution >= 4 is 5.78 Å². The molecule has 2 N–H and O–H groups in total. The number of Topliss-reactive ketones (excluding diaryl/α,β-unsaturated/α-hetero) is 1. The minimum Gasteiger partial charge on any atom is -0.393 e. The minimum absolute atomic E-state index is 0.0122. The van der Waals surface area contributed by atoms with Gasteiger partial charge in [0.2, 0.25) is 0 Å². The highest BCUT2D eigenvalue weighted by molar-refractivity contribution is 5.97. The topological polar surface area (TPSA) is 66.8 Å². The first-order chi connectivity index (χ1) is 31.9. The zero-order valence-electron chi connectivity index (χ0n) is 42.6. The molecule has 0 spiro atoms. The molecule has 0 amide bonds. The van der Waals surface area contributed by atoms with Crippen molar-refractivity contribution in [2.45, 2.75) is 207 Å². The summed E-state index contributed by atoms with van der Waals surface area (Å²) in [5.74, 6) is 1.30. The van der Waals surface area contributed by atoms with E-state index in [1.54, 1.807) is 0 Å². The molecular formula is C62H92O4. The molecule has 6 rings (SSSR count). The van der Waals surface area contributed by atoms with Crippen LogP contribution in [0.2, 0.25) is 0 Å². The summed E-state index contributed by atoms with van der Waals surface area (Å²) in [4.78, 5) is 14.7. The van der Waals surface area contributed by atoms with Crippen LogP contribution in [0.25, 0.3) is 0 Å². The lowest BCUT2D eigenvalue weighted by Gasteiger charge is -2.45. The molecule has 66 heavy (non-hydrogen) atoms. The van der Waals surface area contributed by atoms with Crippen molar-refractivity contribution in [3.63, 3.8) is 0 Å². The number of rotatable bonds is 24. The van der Waals surface area contributed by atoms with Crippen LogP contribution in [0.1, 0.15) is 182 Å². The molecule has 4 aliphatic carbocycles. The number of allylic oxidation sites excluding steroid dienone is 5. The van der Waals surface area contributed by atoms with Crippen LogP contribution in [0.4, 0.5) is 0 Å². The molecule has 1 aromatic rings. The van der Waals surface area contributed by atoms with Gasteiger partial charge in [-0.3, -0.25) is 4.79 Å². The Balaban J connectivity index is 1.26. The van der Waals surface area contributed by atoms with Crippen LogP contribution in [0.5, 0.6) is 0 Å². The largest absolute Gasteiger partial charge is 0.393 e. The van der Waals surface area contributed by atoms with Gasteiger partial charge in [0, 0.05) is 17.8 Å². The number of aliphatic hydroxyl groups excluding tert-OH is 2. The number of benzene rings is 1. The highest BCUT2D eigenvalue weighted by atomic mass is 16.5. The van der Waals surface area contributed by atoms with E-state index in [1.807, 2.05) is 0 Å². The van der Waals surface area contributed by atoms with Crippen molar-refractivity contribution in [3.8, 4) is 0 Å². The molecule has 1 aliphatic heterocycles. The molecule has 10 unspecified atom stereocenters. The van der Waals surface area contributed by atoms with E-state index in [9.17, 15) is 15.0 Å². The van der Waals surface area contributed by atoms with Crippen LogP contribution in [0, 0.1) is 53.3 Å². The second kappa shape index (κ2) is 25.5. The Morgan fingerprint density at radius 2 is 1.68 bits per heavy atom. The molecule has 1 heterocycles. The lowest BCUT2D eigenvalue weighted by molar-refractivity contribution is -0.119. The Kier molecular flexibility index (Phi) is 20.2. The van der Waals surface area contributed by atoms with E-state index in [0.29, 0.717) is 31.1 Å². The third-order valence-electron chi connectivity index (χ3n) is 17.6. The van der Waals surface area contributed by atoms with Crippen LogP contribution in [0.15, 0.2) is 113 Å². The molecule has 5 aliphatic rings. The first-order valence-corrected chi connectivity index (χ1v) is 27.3. The number of ketones is 1. The lowest BCUT2D eigenvalue weighted by Crippen LogP contribution is -2.46. The average molecular weight is 901 g/mol. The fourth-order valence-corrected chi connectivity index (χ4v) is 13.4. The number of aryl methyl sites for hydroxylation is 1. The van der Waals surface area contributed by atoms with Crippen LogP contribution in [0.3, 0.4) is 0 Å². The summed E-state index contributed by atoms with van der Waals surface area (Å²) in [7, 11) is 0. The summed E-state index contributed by atoms with van der Waals surface area (Å²) in [6.45, 7) is 27.9. The molecule has 1 saturated carbocycles. The van der Waals surface area contributed by atoms with E-state index in [4.69, 9.17) is 17.9 Å². The van der Waals surface area contributed by atoms with Crippen molar-refractivity contribution in [2.24, 2.45) is 53.3 Å². The first-order valence-electron chi connectivity index (χ1n) is 27.3. The summed E-state index contributed by atoms with van der Waals surface area (Å²) in [6.07, 6.45) is 30.8. The van der Waals surface area contributed by atoms with Crippen LogP contribution < -0.4 is 0 Å². The number of ether oxygens (including phenoxy) is 1. The number of carbonyl (C=O) groups excluding carboxylic acids is 1. The van der Waals surface area contributed by atoms with Crippen LogP contribution >= 0.6 is 0 Å². The van der Waals surface area contributed by atoms with Gasteiger partial charge >= 0.3 is 0 Å². The maximum atomic E-state index is 14.7. The molecule has 4 heteroatoms. The standard InChI is InChI=1S/C62H92O4/c1-10-13-31-53(45(8)61(65)41(4)38-51-36-37-56(63)59(44(51)7)49-27-19-15-20-28-49)43(6)42(5)52(39-47(11-2)34-35-48-25-17-14-18-26-48)40-57(64)60(50-29-21-16-22-30-50)62-46(9)54-32-23-24-33-55(54)58(12-3)66-62/h14,17-18,24-27,33,36,41,43-44,47,50,52-53,56-60,62-64H,5,8-13,15-16,19-23,28-32,34-35,37-40H2,1-4,6-7H3/t41?,43?,44?,47?,52?,53?,56-,57-,58?,59?,60?,62?/m0/s1. The van der Waals surface area contributed by atoms with Gasteiger partial charge in [0.05, 0.1) is 24.4 Å². The highest BCUT2D eigenvalue weighted by Gasteiger charge is 2.44. The van der Waals surface area contributed by atoms with Gasteiger partial charge in [-0.05, 0) is 166 Å². The summed E-state index contributed by atoms with van der Waals surface area (Å²) in [5.41, 5.74) is 9.82. The van der Waals surface area contributed by atoms with Crippen molar-refractivity contribution < 1.29 is 19.7 Å². The number of hydrogen-bond donors (Lipinski definition) is 2. The lowest BCUT2D eigenvalue weighted by atomic mass is 9.66. The molecular weight excluding hydrogens is 809 g/mol. The predicted octanol–water partition coefficient (Wildman–Crippen LogP) is 15.6. The summed E-state index contributed by atoms with van der Waals surface area (Å²) in [5, 5.41) is 24.2. The molecule has 0 saturated heterocycles. The number of carbonyl (C=O) groups is 1. The van der Waals surface area contributed by atoms with Gasteiger partial charge in [-0.2, -0.15) is 0 Å². The Bertz CT molecular complexity index is 1890. The van der Waals surface area contributed by atoms with Gasteiger partial charge in [-0.15, -0.1) is 0 Å². The Morgan fingerprint density at radius 1 is 0.924 bits per heavy atom. The van der Waals surface area contributed by atoms with E-state index >= 15 is 0 Å². The Hall–Kier alpha value is -3.05.